The maximum absolute atomic E-state index is 12.2. The van der Waals surface area contributed by atoms with E-state index in [1.807, 2.05) is 37.3 Å². The molecule has 3 rings (SSSR count). The van der Waals surface area contributed by atoms with Crippen LogP contribution >= 0.6 is 0 Å². The molecule has 2 amide bonds. The summed E-state index contributed by atoms with van der Waals surface area (Å²) in [5, 5.41) is 5.37. The van der Waals surface area contributed by atoms with Crippen LogP contribution < -0.4 is 15.4 Å². The van der Waals surface area contributed by atoms with Crippen LogP contribution in [0.3, 0.4) is 0 Å². The molecular weight excluding hydrogens is 368 g/mol. The lowest BCUT2D eigenvalue weighted by Crippen LogP contribution is -2.27. The third kappa shape index (κ3) is 6.14. The quantitative estimate of drug-likeness (QED) is 0.615. The van der Waals surface area contributed by atoms with Crippen molar-refractivity contribution < 1.29 is 14.3 Å². The highest BCUT2D eigenvalue weighted by atomic mass is 16.5. The number of aromatic nitrogens is 2. The van der Waals surface area contributed by atoms with Gasteiger partial charge >= 0.3 is 0 Å². The van der Waals surface area contributed by atoms with Crippen molar-refractivity contribution in [1.82, 2.24) is 15.3 Å². The van der Waals surface area contributed by atoms with Gasteiger partial charge in [-0.3, -0.25) is 9.59 Å². The van der Waals surface area contributed by atoms with Crippen LogP contribution in [0, 0.1) is 0 Å². The second-order valence-electron chi connectivity index (χ2n) is 6.32. The number of nitrogens with one attached hydrogen (secondary N) is 2. The summed E-state index contributed by atoms with van der Waals surface area (Å²) in [6.45, 7) is 2.15. The van der Waals surface area contributed by atoms with Crippen molar-refractivity contribution in [1.29, 1.82) is 0 Å². The molecule has 0 unspecified atom stereocenters. The van der Waals surface area contributed by atoms with E-state index in [1.165, 1.54) is 6.20 Å². The average molecular weight is 390 g/mol. The normalized spacial score (nSPS) is 11.3. The highest BCUT2D eigenvalue weighted by Crippen LogP contribution is 2.19. The van der Waals surface area contributed by atoms with Crippen molar-refractivity contribution in [3.63, 3.8) is 0 Å². The van der Waals surface area contributed by atoms with E-state index in [0.717, 1.165) is 5.56 Å². The molecule has 2 heterocycles. The van der Waals surface area contributed by atoms with Crippen molar-refractivity contribution in [2.24, 2.45) is 0 Å². The van der Waals surface area contributed by atoms with Gasteiger partial charge in [0.2, 0.25) is 11.8 Å². The zero-order valence-electron chi connectivity index (χ0n) is 16.0. The molecule has 0 saturated heterocycles. The van der Waals surface area contributed by atoms with Gasteiger partial charge in [-0.1, -0.05) is 36.4 Å². The first kappa shape index (κ1) is 20.0. The minimum Gasteiger partial charge on any atom is -0.470 e. The Morgan fingerprint density at radius 2 is 1.79 bits per heavy atom. The largest absolute Gasteiger partial charge is 0.470 e. The van der Waals surface area contributed by atoms with Gasteiger partial charge < -0.3 is 15.4 Å². The predicted octanol–water partition coefficient (Wildman–Crippen LogP) is 3.38. The molecule has 0 aliphatic rings. The van der Waals surface area contributed by atoms with E-state index >= 15 is 0 Å². The third-order valence-electron chi connectivity index (χ3n) is 4.14. The minimum absolute atomic E-state index is 0.144. The van der Waals surface area contributed by atoms with Crippen LogP contribution in [0.2, 0.25) is 0 Å². The summed E-state index contributed by atoms with van der Waals surface area (Å²) in [6.07, 6.45) is 3.04. The number of rotatable bonds is 8. The Labute approximate surface area is 169 Å². The van der Waals surface area contributed by atoms with E-state index < -0.39 is 0 Å². The molecule has 2 N–H and O–H groups in total. The van der Waals surface area contributed by atoms with Crippen LogP contribution in [0.4, 0.5) is 5.82 Å². The first-order valence-corrected chi connectivity index (χ1v) is 9.28. The van der Waals surface area contributed by atoms with Gasteiger partial charge in [-0.2, -0.15) is 0 Å². The fourth-order valence-electron chi connectivity index (χ4n) is 2.59. The molecule has 0 bridgehead atoms. The van der Waals surface area contributed by atoms with Crippen molar-refractivity contribution in [3.05, 3.63) is 84.2 Å². The highest BCUT2D eigenvalue weighted by Gasteiger charge is 2.10. The van der Waals surface area contributed by atoms with Crippen molar-refractivity contribution >= 4 is 17.6 Å². The number of anilines is 1. The van der Waals surface area contributed by atoms with Gasteiger partial charge in [-0.25, -0.2) is 9.97 Å². The molecule has 148 valence electrons. The lowest BCUT2D eigenvalue weighted by Gasteiger charge is -2.14. The van der Waals surface area contributed by atoms with Gasteiger partial charge in [-0.15, -0.1) is 0 Å². The first-order chi connectivity index (χ1) is 14.1. The maximum Gasteiger partial charge on any atom is 0.252 e. The van der Waals surface area contributed by atoms with Gasteiger partial charge in [-0.05, 0) is 30.7 Å². The fraction of sp³-hybridized carbons (Fsp3) is 0.182. The molecule has 0 saturated carbocycles. The molecule has 1 aromatic carbocycles. The number of ether oxygens (including phenoxy) is 1. The number of benzene rings is 1. The third-order valence-corrected chi connectivity index (χ3v) is 4.14. The lowest BCUT2D eigenvalue weighted by atomic mass is 10.1. The smallest absolute Gasteiger partial charge is 0.252 e. The molecule has 2 aromatic heterocycles. The Hall–Kier alpha value is -3.74. The van der Waals surface area contributed by atoms with Crippen molar-refractivity contribution in [2.75, 3.05) is 11.9 Å². The van der Waals surface area contributed by atoms with E-state index in [1.54, 1.807) is 36.5 Å². The van der Waals surface area contributed by atoms with Crippen LogP contribution in [0.15, 0.2) is 73.1 Å². The summed E-state index contributed by atoms with van der Waals surface area (Å²) < 4.78 is 5.80. The summed E-state index contributed by atoms with van der Waals surface area (Å²) in [7, 11) is 0. The number of nitrogens with zero attached hydrogens (tertiary/aromatic N) is 2. The van der Waals surface area contributed by atoms with Gasteiger partial charge in [0.05, 0.1) is 5.56 Å². The van der Waals surface area contributed by atoms with Crippen LogP contribution in [-0.4, -0.2) is 28.3 Å². The van der Waals surface area contributed by atoms with Crippen molar-refractivity contribution in [3.8, 4) is 5.88 Å². The molecule has 7 nitrogen and oxygen atoms in total. The topological polar surface area (TPSA) is 93.2 Å². The van der Waals surface area contributed by atoms with Gasteiger partial charge in [0.1, 0.15) is 11.9 Å². The Morgan fingerprint density at radius 3 is 2.48 bits per heavy atom. The fourth-order valence-corrected chi connectivity index (χ4v) is 2.59. The predicted molar refractivity (Wildman–Crippen MR) is 110 cm³/mol. The molecular formula is C22H22N4O3. The number of amides is 2. The van der Waals surface area contributed by atoms with Crippen molar-refractivity contribution in [2.45, 2.75) is 19.4 Å². The summed E-state index contributed by atoms with van der Waals surface area (Å²) in [6, 6.07) is 18.4. The van der Waals surface area contributed by atoms with E-state index in [9.17, 15) is 9.59 Å². The Morgan fingerprint density at radius 1 is 1.00 bits per heavy atom. The molecule has 0 spiro atoms. The van der Waals surface area contributed by atoms with Gasteiger partial charge in [0.25, 0.3) is 5.91 Å². The number of hydrogen-bond acceptors (Lipinski definition) is 5. The average Bonchev–Trinajstić information content (AvgIpc) is 2.75. The zero-order chi connectivity index (χ0) is 20.5. The van der Waals surface area contributed by atoms with Crippen LogP contribution in [0.25, 0.3) is 0 Å². The molecule has 7 heteroatoms. The standard InChI is InChI=1S/C22H22N4O3/c1-16(17-7-3-2-4-8-17)29-21-11-10-18(15-25-21)22(28)24-14-12-20(27)26-19-9-5-6-13-23-19/h2-11,13,15-16H,12,14H2,1H3,(H,24,28)(H,23,26,27)/t16-/m0/s1. The zero-order valence-corrected chi connectivity index (χ0v) is 16.0. The van der Waals surface area contributed by atoms with Crippen LogP contribution in [-0.2, 0) is 4.79 Å². The summed E-state index contributed by atoms with van der Waals surface area (Å²) in [4.78, 5) is 32.3. The molecule has 0 aliphatic carbocycles. The summed E-state index contributed by atoms with van der Waals surface area (Å²) in [5.74, 6) is 0.396. The Kier molecular flexibility index (Phi) is 6.89. The van der Waals surface area contributed by atoms with Crippen LogP contribution in [0.1, 0.15) is 35.4 Å². The first-order valence-electron chi connectivity index (χ1n) is 9.28. The summed E-state index contributed by atoms with van der Waals surface area (Å²) in [5.41, 5.74) is 1.44. The van der Waals surface area contributed by atoms with Crippen LogP contribution in [0.5, 0.6) is 5.88 Å². The molecule has 1 atom stereocenters. The van der Waals surface area contributed by atoms with E-state index in [4.69, 9.17) is 4.74 Å². The number of carbonyl (C=O) groups is 2. The SMILES string of the molecule is C[C@H](Oc1ccc(C(=O)NCCC(=O)Nc2ccccn2)cn1)c1ccccc1. The second kappa shape index (κ2) is 9.98. The summed E-state index contributed by atoms with van der Waals surface area (Å²) >= 11 is 0. The number of hydrogen-bond donors (Lipinski definition) is 2. The van der Waals surface area contributed by atoms with E-state index in [-0.39, 0.29) is 30.9 Å². The van der Waals surface area contributed by atoms with Gasteiger partial charge in [0.15, 0.2) is 0 Å². The molecule has 29 heavy (non-hydrogen) atoms. The minimum atomic E-state index is -0.300. The number of pyridine rings is 2. The molecule has 0 aliphatic heterocycles. The van der Waals surface area contributed by atoms with E-state index in [0.29, 0.717) is 17.3 Å². The Balaban J connectivity index is 1.44. The highest BCUT2D eigenvalue weighted by molar-refractivity contribution is 5.94. The monoisotopic (exact) mass is 390 g/mol. The molecule has 0 fully saturated rings. The molecule has 0 radical (unpaired) electrons. The lowest BCUT2D eigenvalue weighted by molar-refractivity contribution is -0.116. The van der Waals surface area contributed by atoms with Gasteiger partial charge in [0, 0.05) is 31.4 Å². The van der Waals surface area contributed by atoms with E-state index in [2.05, 4.69) is 20.6 Å². The second-order valence-corrected chi connectivity index (χ2v) is 6.32. The Bertz CT molecular complexity index is 931. The number of carbonyl (C=O) groups excluding carboxylic acids is 2. The molecule has 3 aromatic rings. The maximum atomic E-state index is 12.2.